The van der Waals surface area contributed by atoms with Crippen molar-refractivity contribution in [2.24, 2.45) is 0 Å². The summed E-state index contributed by atoms with van der Waals surface area (Å²) >= 11 is 0. The van der Waals surface area contributed by atoms with Crippen molar-refractivity contribution in [1.29, 1.82) is 0 Å². The van der Waals surface area contributed by atoms with Crippen LogP contribution in [0.2, 0.25) is 0 Å². The molecule has 3 amide bonds. The number of benzene rings is 1. The van der Waals surface area contributed by atoms with Crippen molar-refractivity contribution >= 4 is 22.0 Å². The Morgan fingerprint density at radius 3 is 2.36 bits per heavy atom. The van der Waals surface area contributed by atoms with E-state index in [2.05, 4.69) is 20.6 Å². The quantitative estimate of drug-likeness (QED) is 0.561. The van der Waals surface area contributed by atoms with Crippen molar-refractivity contribution in [3.63, 3.8) is 0 Å². The van der Waals surface area contributed by atoms with Crippen LogP contribution >= 0.6 is 0 Å². The number of aryl methyl sites for hydroxylation is 1. The van der Waals surface area contributed by atoms with Gasteiger partial charge in [-0.2, -0.15) is 0 Å². The molecule has 2 N–H and O–H groups in total. The predicted octanol–water partition coefficient (Wildman–Crippen LogP) is 1.73. The number of halogens is 1. The summed E-state index contributed by atoms with van der Waals surface area (Å²) < 4.78 is 41.1. The highest BCUT2D eigenvalue weighted by atomic mass is 32.2. The van der Waals surface area contributed by atoms with Gasteiger partial charge < -0.3 is 5.32 Å². The van der Waals surface area contributed by atoms with Crippen molar-refractivity contribution in [3.8, 4) is 0 Å². The van der Waals surface area contributed by atoms with E-state index in [0.717, 1.165) is 5.56 Å². The first-order chi connectivity index (χ1) is 15.8. The summed E-state index contributed by atoms with van der Waals surface area (Å²) in [5, 5.41) is 4.74. The van der Waals surface area contributed by atoms with Gasteiger partial charge in [-0.1, -0.05) is 12.1 Å². The number of nitrogens with one attached hydrogen (secondary N) is 2. The van der Waals surface area contributed by atoms with Crippen molar-refractivity contribution in [1.82, 2.24) is 24.9 Å². The van der Waals surface area contributed by atoms with Crippen LogP contribution in [0.25, 0.3) is 0 Å². The summed E-state index contributed by atoms with van der Waals surface area (Å²) in [4.78, 5) is 32.8. The van der Waals surface area contributed by atoms with Crippen LogP contribution in [0.3, 0.4) is 0 Å². The maximum atomic E-state index is 13.2. The van der Waals surface area contributed by atoms with Gasteiger partial charge in [0.2, 0.25) is 10.0 Å². The maximum Gasteiger partial charge on any atom is 0.322 e. The molecule has 1 atom stereocenters. The minimum absolute atomic E-state index is 0.145. The number of carbonyl (C=O) groups excluding carboxylic acids is 2. The fourth-order valence-electron chi connectivity index (χ4n) is 4.49. The zero-order valence-electron chi connectivity index (χ0n) is 18.0. The zero-order chi connectivity index (χ0) is 23.5. The van der Waals surface area contributed by atoms with Crippen molar-refractivity contribution in [2.45, 2.75) is 43.6 Å². The van der Waals surface area contributed by atoms with Gasteiger partial charge in [0.15, 0.2) is 0 Å². The van der Waals surface area contributed by atoms with Gasteiger partial charge in [-0.15, -0.1) is 0 Å². The Labute approximate surface area is 191 Å². The molecule has 1 aromatic carbocycles. The average molecular weight is 476 g/mol. The Morgan fingerprint density at radius 2 is 1.76 bits per heavy atom. The zero-order valence-corrected chi connectivity index (χ0v) is 18.9. The van der Waals surface area contributed by atoms with Crippen LogP contribution in [0.1, 0.15) is 43.0 Å². The summed E-state index contributed by atoms with van der Waals surface area (Å²) in [6, 6.07) is 7.28. The number of piperidine rings is 1. The third-order valence-corrected chi connectivity index (χ3v) is 8.26. The molecule has 0 unspecified atom stereocenters. The van der Waals surface area contributed by atoms with E-state index in [-0.39, 0.29) is 18.2 Å². The number of carbonyl (C=O) groups is 2. The largest absolute Gasteiger partial charge is 0.322 e. The van der Waals surface area contributed by atoms with E-state index in [1.807, 2.05) is 0 Å². The molecule has 0 spiro atoms. The standard InChI is InChI=1S/C22H26FN5O4S/c23-18-6-4-16(5-7-18)17-8-13-28(14-9-17)33(31,32)15-22(20(29)26-21(30)27-22)10-1-3-19-24-11-2-12-25-19/h2,4-7,11-12,17H,1,3,8-10,13-15H2,(H2,26,27,29,30)/t22-/m0/s1. The second-order valence-corrected chi connectivity index (χ2v) is 10.5. The van der Waals surface area contributed by atoms with Crippen LogP contribution in [0.4, 0.5) is 9.18 Å². The molecule has 176 valence electrons. The second-order valence-electron chi connectivity index (χ2n) is 8.49. The molecule has 0 bridgehead atoms. The van der Waals surface area contributed by atoms with Gasteiger partial charge in [-0.05, 0) is 55.4 Å². The first kappa shape index (κ1) is 23.2. The number of urea groups is 1. The molecule has 9 nitrogen and oxygen atoms in total. The van der Waals surface area contributed by atoms with Crippen molar-refractivity contribution < 1.29 is 22.4 Å². The van der Waals surface area contributed by atoms with Gasteiger partial charge in [0.1, 0.15) is 17.2 Å². The van der Waals surface area contributed by atoms with Gasteiger partial charge in [0.25, 0.3) is 5.91 Å². The van der Waals surface area contributed by atoms with Gasteiger partial charge in [-0.3, -0.25) is 10.1 Å². The summed E-state index contributed by atoms with van der Waals surface area (Å²) in [5.41, 5.74) is -0.547. The van der Waals surface area contributed by atoms with E-state index < -0.39 is 33.3 Å². The number of rotatable bonds is 8. The van der Waals surface area contributed by atoms with E-state index in [0.29, 0.717) is 44.6 Å². The Morgan fingerprint density at radius 1 is 1.09 bits per heavy atom. The topological polar surface area (TPSA) is 121 Å². The fraction of sp³-hybridized carbons (Fsp3) is 0.455. The molecule has 0 saturated carbocycles. The van der Waals surface area contributed by atoms with Crippen molar-refractivity contribution in [2.75, 3.05) is 18.8 Å². The summed E-state index contributed by atoms with van der Waals surface area (Å²) in [5.74, 6) is -0.713. The Kier molecular flexibility index (Phi) is 6.71. The van der Waals surface area contributed by atoms with Crippen LogP contribution in [-0.4, -0.2) is 59.0 Å². The van der Waals surface area contributed by atoms with E-state index in [1.54, 1.807) is 30.6 Å². The lowest BCUT2D eigenvalue weighted by Crippen LogP contribution is -2.55. The third-order valence-electron chi connectivity index (χ3n) is 6.26. The van der Waals surface area contributed by atoms with E-state index >= 15 is 0 Å². The molecule has 0 radical (unpaired) electrons. The van der Waals surface area contributed by atoms with Gasteiger partial charge >= 0.3 is 6.03 Å². The first-order valence-electron chi connectivity index (χ1n) is 10.9. The minimum atomic E-state index is -3.82. The molecule has 4 rings (SSSR count). The maximum absolute atomic E-state index is 13.2. The monoisotopic (exact) mass is 475 g/mol. The van der Waals surface area contributed by atoms with E-state index in [4.69, 9.17) is 0 Å². The van der Waals surface area contributed by atoms with Gasteiger partial charge in [0.05, 0.1) is 5.75 Å². The highest BCUT2D eigenvalue weighted by Gasteiger charge is 2.50. The molecule has 3 heterocycles. The molecule has 33 heavy (non-hydrogen) atoms. The number of nitrogens with zero attached hydrogens (tertiary/aromatic N) is 3. The molecule has 2 aliphatic heterocycles. The third kappa shape index (κ3) is 5.36. The molecule has 1 aromatic heterocycles. The second kappa shape index (κ2) is 9.52. The molecule has 2 saturated heterocycles. The number of imide groups is 1. The predicted molar refractivity (Wildman–Crippen MR) is 118 cm³/mol. The smallest absolute Gasteiger partial charge is 0.322 e. The van der Waals surface area contributed by atoms with Crippen LogP contribution in [0.15, 0.2) is 42.7 Å². The summed E-state index contributed by atoms with van der Waals surface area (Å²) in [6.45, 7) is 0.599. The van der Waals surface area contributed by atoms with Crippen LogP contribution in [0.5, 0.6) is 0 Å². The molecular weight excluding hydrogens is 449 g/mol. The molecule has 2 fully saturated rings. The minimum Gasteiger partial charge on any atom is -0.322 e. The average Bonchev–Trinajstić information content (AvgIpc) is 3.07. The number of aromatic nitrogens is 2. The van der Waals surface area contributed by atoms with E-state index in [1.165, 1.54) is 16.4 Å². The number of hydrogen-bond acceptors (Lipinski definition) is 6. The molecule has 2 aromatic rings. The number of sulfonamides is 1. The lowest BCUT2D eigenvalue weighted by atomic mass is 9.90. The summed E-state index contributed by atoms with van der Waals surface area (Å²) in [6.07, 6.45) is 5.46. The van der Waals surface area contributed by atoms with Gasteiger partial charge in [-0.25, -0.2) is 31.9 Å². The molecular formula is C22H26FN5O4S. The van der Waals surface area contributed by atoms with Crippen LogP contribution in [-0.2, 0) is 21.2 Å². The Hall–Kier alpha value is -2.92. The SMILES string of the molecule is O=C1NC(=O)[C@](CCCc2ncccn2)(CS(=O)(=O)N2CCC(c3ccc(F)cc3)CC2)N1. The highest BCUT2D eigenvalue weighted by molar-refractivity contribution is 7.89. The molecule has 2 aliphatic rings. The van der Waals surface area contributed by atoms with Crippen molar-refractivity contribution in [3.05, 3.63) is 59.9 Å². The van der Waals surface area contributed by atoms with Crippen LogP contribution < -0.4 is 10.6 Å². The highest BCUT2D eigenvalue weighted by Crippen LogP contribution is 2.31. The lowest BCUT2D eigenvalue weighted by molar-refractivity contribution is -0.123. The number of hydrogen-bond donors (Lipinski definition) is 2. The molecule has 11 heteroatoms. The first-order valence-corrected chi connectivity index (χ1v) is 12.5. The normalized spacial score (nSPS) is 22.2. The lowest BCUT2D eigenvalue weighted by Gasteiger charge is -2.34. The van der Waals surface area contributed by atoms with Crippen LogP contribution in [0, 0.1) is 5.82 Å². The fourth-order valence-corrected chi connectivity index (χ4v) is 6.41. The van der Waals surface area contributed by atoms with Gasteiger partial charge in [0, 0.05) is 31.9 Å². The molecule has 0 aliphatic carbocycles. The van der Waals surface area contributed by atoms with E-state index in [9.17, 15) is 22.4 Å². The Bertz CT molecular complexity index is 1110. The number of amides is 3. The Balaban J connectivity index is 1.41. The summed E-state index contributed by atoms with van der Waals surface area (Å²) in [7, 11) is -3.82.